The smallest absolute Gasteiger partial charge is 0.356 e. The van der Waals surface area contributed by atoms with Gasteiger partial charge in [0.05, 0.1) is 12.8 Å². The van der Waals surface area contributed by atoms with Crippen molar-refractivity contribution in [2.45, 2.75) is 6.92 Å². The van der Waals surface area contributed by atoms with Crippen molar-refractivity contribution in [3.05, 3.63) is 51.4 Å². The molecule has 1 aromatic carbocycles. The van der Waals surface area contributed by atoms with E-state index in [0.717, 1.165) is 4.68 Å². The van der Waals surface area contributed by atoms with E-state index in [9.17, 15) is 9.59 Å². The lowest BCUT2D eigenvalue weighted by atomic mass is 10.1. The number of aromatic nitrogens is 2. The number of benzene rings is 1. The minimum Gasteiger partial charge on any atom is -0.497 e. The topological polar surface area (TPSA) is 105 Å². The summed E-state index contributed by atoms with van der Waals surface area (Å²) in [5, 5.41) is 22.0. The van der Waals surface area contributed by atoms with Gasteiger partial charge in [-0.15, -0.1) is 0 Å². The molecule has 7 heteroatoms. The summed E-state index contributed by atoms with van der Waals surface area (Å²) < 4.78 is 5.90. The molecule has 1 heterocycles. The molecule has 1 N–H and O–H groups in total. The van der Waals surface area contributed by atoms with E-state index >= 15 is 0 Å². The van der Waals surface area contributed by atoms with E-state index in [1.165, 1.54) is 14.0 Å². The summed E-state index contributed by atoms with van der Waals surface area (Å²) in [6.45, 7) is 1.38. The van der Waals surface area contributed by atoms with E-state index in [1.807, 2.05) is 0 Å². The highest BCUT2D eigenvalue weighted by Gasteiger charge is 2.19. The molecule has 0 aliphatic heterocycles. The molecule has 0 unspecified atom stereocenters. The van der Waals surface area contributed by atoms with Gasteiger partial charge in [0, 0.05) is 5.56 Å². The van der Waals surface area contributed by atoms with Crippen LogP contribution in [0.5, 0.6) is 5.75 Å². The summed E-state index contributed by atoms with van der Waals surface area (Å²) in [6, 6.07) is 8.05. The van der Waals surface area contributed by atoms with Crippen molar-refractivity contribution in [3.63, 3.8) is 0 Å². The largest absolute Gasteiger partial charge is 0.497 e. The molecule has 0 saturated heterocycles. The molecule has 0 aliphatic carbocycles. The van der Waals surface area contributed by atoms with E-state index in [2.05, 4.69) is 5.10 Å². The predicted octanol–water partition coefficient (Wildman–Crippen LogP) is 1.12. The van der Waals surface area contributed by atoms with Gasteiger partial charge in [-0.3, -0.25) is 4.79 Å². The average molecular weight is 285 g/mol. The Morgan fingerprint density at radius 2 is 2.00 bits per heavy atom. The summed E-state index contributed by atoms with van der Waals surface area (Å²) in [4.78, 5) is 23.4. The number of methoxy groups -OCH3 is 1. The van der Waals surface area contributed by atoms with Gasteiger partial charge >= 0.3 is 5.97 Å². The molecule has 0 aliphatic rings. The molecule has 0 spiro atoms. The van der Waals surface area contributed by atoms with E-state index < -0.39 is 11.5 Å². The first-order chi connectivity index (χ1) is 9.99. The van der Waals surface area contributed by atoms with Crippen LogP contribution in [0.1, 0.15) is 21.6 Å². The first kappa shape index (κ1) is 14.3. The molecule has 0 bridgehead atoms. The third-order valence-corrected chi connectivity index (χ3v) is 2.97. The van der Waals surface area contributed by atoms with Gasteiger partial charge in [0.25, 0.3) is 5.56 Å². The molecule has 1 aromatic heterocycles. The number of nitriles is 1. The van der Waals surface area contributed by atoms with Crippen LogP contribution in [0.15, 0.2) is 29.1 Å². The van der Waals surface area contributed by atoms with E-state index in [1.54, 1.807) is 30.3 Å². The van der Waals surface area contributed by atoms with Gasteiger partial charge in [0.2, 0.25) is 0 Å². The summed E-state index contributed by atoms with van der Waals surface area (Å²) >= 11 is 0. The number of hydrogen-bond acceptors (Lipinski definition) is 5. The normalized spacial score (nSPS) is 9.95. The molecular weight excluding hydrogens is 274 g/mol. The van der Waals surface area contributed by atoms with Crippen molar-refractivity contribution in [1.82, 2.24) is 9.78 Å². The van der Waals surface area contributed by atoms with Crippen LogP contribution in [0.25, 0.3) is 5.69 Å². The molecule has 0 atom stereocenters. The van der Waals surface area contributed by atoms with Crippen LogP contribution < -0.4 is 10.3 Å². The molecule has 0 fully saturated rings. The fourth-order valence-corrected chi connectivity index (χ4v) is 1.84. The number of carboxylic acids is 1. The van der Waals surface area contributed by atoms with Crippen molar-refractivity contribution in [3.8, 4) is 17.5 Å². The molecule has 0 radical (unpaired) electrons. The van der Waals surface area contributed by atoms with E-state index in [4.69, 9.17) is 15.1 Å². The Bertz CT molecular complexity index is 801. The molecule has 21 heavy (non-hydrogen) atoms. The lowest BCUT2D eigenvalue weighted by Gasteiger charge is -2.09. The van der Waals surface area contributed by atoms with Gasteiger partial charge in [0.15, 0.2) is 5.69 Å². The summed E-state index contributed by atoms with van der Waals surface area (Å²) in [5.74, 6) is -0.718. The third-order valence-electron chi connectivity index (χ3n) is 2.97. The number of nitrogens with zero attached hydrogens (tertiary/aromatic N) is 3. The second kappa shape index (κ2) is 5.46. The molecule has 7 nitrogen and oxygen atoms in total. The van der Waals surface area contributed by atoms with Crippen molar-refractivity contribution in [2.75, 3.05) is 7.11 Å². The van der Waals surface area contributed by atoms with Gasteiger partial charge in [-0.1, -0.05) is 0 Å². The maximum Gasteiger partial charge on any atom is 0.356 e. The Hall–Kier alpha value is -3.14. The summed E-state index contributed by atoms with van der Waals surface area (Å²) in [5.41, 5.74) is -0.829. The van der Waals surface area contributed by atoms with Crippen molar-refractivity contribution < 1.29 is 14.6 Å². The monoisotopic (exact) mass is 285 g/mol. The van der Waals surface area contributed by atoms with Crippen molar-refractivity contribution in [2.24, 2.45) is 0 Å². The van der Waals surface area contributed by atoms with Crippen LogP contribution in [-0.2, 0) is 0 Å². The Morgan fingerprint density at radius 1 is 1.38 bits per heavy atom. The zero-order valence-electron chi connectivity index (χ0n) is 11.3. The molecule has 2 aromatic rings. The number of carbonyl (C=O) groups is 1. The summed E-state index contributed by atoms with van der Waals surface area (Å²) in [7, 11) is 1.50. The van der Waals surface area contributed by atoms with E-state index in [-0.39, 0.29) is 16.8 Å². The Morgan fingerprint density at radius 3 is 2.48 bits per heavy atom. The zero-order chi connectivity index (χ0) is 15.6. The van der Waals surface area contributed by atoms with Crippen LogP contribution in [0.3, 0.4) is 0 Å². The van der Waals surface area contributed by atoms with Gasteiger partial charge in [-0.05, 0) is 31.2 Å². The number of ether oxygens (including phenoxy) is 1. The SMILES string of the molecule is COc1ccc(-n2nc(C(=O)O)c(C)c(C#N)c2=O)cc1. The molecular formula is C14H11N3O4. The minimum atomic E-state index is -1.30. The Kier molecular flexibility index (Phi) is 3.71. The molecule has 2 rings (SSSR count). The Balaban J connectivity index is 2.74. The highest BCUT2D eigenvalue weighted by Crippen LogP contribution is 2.14. The number of hydrogen-bond donors (Lipinski definition) is 1. The van der Waals surface area contributed by atoms with Crippen LogP contribution in [0.4, 0.5) is 0 Å². The zero-order valence-corrected chi connectivity index (χ0v) is 11.3. The van der Waals surface area contributed by atoms with Crippen LogP contribution in [0, 0.1) is 18.3 Å². The predicted molar refractivity (Wildman–Crippen MR) is 72.8 cm³/mol. The lowest BCUT2D eigenvalue weighted by Crippen LogP contribution is -2.28. The Labute approximate surface area is 119 Å². The van der Waals surface area contributed by atoms with E-state index in [0.29, 0.717) is 11.4 Å². The molecule has 106 valence electrons. The van der Waals surface area contributed by atoms with Crippen LogP contribution in [0.2, 0.25) is 0 Å². The maximum atomic E-state index is 12.2. The maximum absolute atomic E-state index is 12.2. The van der Waals surface area contributed by atoms with Gasteiger partial charge in [-0.25, -0.2) is 4.79 Å². The first-order valence-electron chi connectivity index (χ1n) is 5.91. The molecule has 0 amide bonds. The van der Waals surface area contributed by atoms with Crippen molar-refractivity contribution in [1.29, 1.82) is 5.26 Å². The second-order valence-electron chi connectivity index (χ2n) is 4.18. The highest BCUT2D eigenvalue weighted by atomic mass is 16.5. The van der Waals surface area contributed by atoms with Crippen LogP contribution >= 0.6 is 0 Å². The fourth-order valence-electron chi connectivity index (χ4n) is 1.84. The van der Waals surface area contributed by atoms with Gasteiger partial charge in [0.1, 0.15) is 17.4 Å². The number of rotatable bonds is 3. The fraction of sp³-hybridized carbons (Fsp3) is 0.143. The number of aromatic carboxylic acids is 1. The first-order valence-corrected chi connectivity index (χ1v) is 5.91. The van der Waals surface area contributed by atoms with Gasteiger partial charge < -0.3 is 9.84 Å². The molecule has 0 saturated carbocycles. The quantitative estimate of drug-likeness (QED) is 0.905. The van der Waals surface area contributed by atoms with Gasteiger partial charge in [-0.2, -0.15) is 15.0 Å². The minimum absolute atomic E-state index is 0.0553. The van der Waals surface area contributed by atoms with Crippen LogP contribution in [-0.4, -0.2) is 28.0 Å². The number of carboxylic acid groups (broad SMARTS) is 1. The average Bonchev–Trinajstić information content (AvgIpc) is 2.48. The third kappa shape index (κ3) is 2.47. The van der Waals surface area contributed by atoms with Crippen molar-refractivity contribution >= 4 is 5.97 Å². The lowest BCUT2D eigenvalue weighted by molar-refractivity contribution is 0.0687. The second-order valence-corrected chi connectivity index (χ2v) is 4.18. The standard InChI is InChI=1S/C14H11N3O4/c1-8-11(7-15)13(18)17(16-12(8)14(19)20)9-3-5-10(21-2)6-4-9/h3-6H,1-2H3,(H,19,20). The highest BCUT2D eigenvalue weighted by molar-refractivity contribution is 5.87. The summed E-state index contributed by atoms with van der Waals surface area (Å²) in [6.07, 6.45) is 0.